The third-order valence-corrected chi connectivity index (χ3v) is 6.59. The Morgan fingerprint density at radius 1 is 1.12 bits per heavy atom. The minimum Gasteiger partial charge on any atom is -0.479 e. The Kier molecular flexibility index (Phi) is 7.17. The Balaban J connectivity index is 1.42. The van der Waals surface area contributed by atoms with Crippen molar-refractivity contribution in [1.82, 2.24) is 10.6 Å². The first-order valence-electron chi connectivity index (χ1n) is 11.7. The van der Waals surface area contributed by atoms with Gasteiger partial charge in [-0.05, 0) is 28.7 Å². The monoisotopic (exact) mass is 466 g/mol. The number of carboxylic acid groups (broad SMARTS) is 1. The largest absolute Gasteiger partial charge is 0.479 e. The maximum absolute atomic E-state index is 12.9. The van der Waals surface area contributed by atoms with Gasteiger partial charge in [0.05, 0.1) is 6.61 Å². The zero-order valence-corrected chi connectivity index (χ0v) is 19.2. The van der Waals surface area contributed by atoms with Gasteiger partial charge in [-0.2, -0.15) is 0 Å². The molecule has 0 radical (unpaired) electrons. The summed E-state index contributed by atoms with van der Waals surface area (Å²) >= 11 is 0. The maximum Gasteiger partial charge on any atom is 0.407 e. The Morgan fingerprint density at radius 2 is 1.76 bits per heavy atom. The van der Waals surface area contributed by atoms with Crippen molar-refractivity contribution in [3.63, 3.8) is 0 Å². The number of alkyl carbamates (subject to hydrolysis) is 1. The summed E-state index contributed by atoms with van der Waals surface area (Å²) in [5.41, 5.74) is 2.99. The number of fused-ring (bicyclic) bond motifs is 3. The van der Waals surface area contributed by atoms with E-state index in [9.17, 15) is 19.5 Å². The third kappa shape index (κ3) is 4.77. The van der Waals surface area contributed by atoms with Crippen LogP contribution in [0.25, 0.3) is 11.1 Å². The fourth-order valence-corrected chi connectivity index (χ4v) is 4.67. The highest BCUT2D eigenvalue weighted by atomic mass is 16.5. The van der Waals surface area contributed by atoms with Crippen LogP contribution in [0.3, 0.4) is 0 Å². The lowest BCUT2D eigenvalue weighted by atomic mass is 9.97. The van der Waals surface area contributed by atoms with E-state index in [-0.39, 0.29) is 32.2 Å². The molecule has 0 bridgehead atoms. The first-order chi connectivity index (χ1) is 16.4. The minimum absolute atomic E-state index is 0.0908. The molecule has 2 atom stereocenters. The third-order valence-electron chi connectivity index (χ3n) is 6.59. The number of nitrogens with one attached hydrogen (secondary N) is 2. The number of rotatable bonds is 9. The number of hydrogen-bond donors (Lipinski definition) is 3. The Morgan fingerprint density at radius 3 is 2.32 bits per heavy atom. The van der Waals surface area contributed by atoms with Gasteiger partial charge in [0.2, 0.25) is 5.91 Å². The van der Waals surface area contributed by atoms with Gasteiger partial charge >= 0.3 is 12.1 Å². The van der Waals surface area contributed by atoms with E-state index < -0.39 is 29.6 Å². The van der Waals surface area contributed by atoms with Gasteiger partial charge in [0.15, 0.2) is 5.54 Å². The van der Waals surface area contributed by atoms with Crippen molar-refractivity contribution in [2.75, 3.05) is 19.8 Å². The molecule has 0 saturated carbocycles. The minimum atomic E-state index is -1.47. The van der Waals surface area contributed by atoms with Crippen LogP contribution < -0.4 is 10.6 Å². The van der Waals surface area contributed by atoms with Crippen LogP contribution in [-0.2, 0) is 19.1 Å². The lowest BCUT2D eigenvalue weighted by Gasteiger charge is -2.27. The SMILES string of the molecule is CCCC[C@H](NC(=O)OCC1c2ccccc2-c2ccccc21)C(=O)NC1(C(=O)O)CCOC1. The predicted octanol–water partition coefficient (Wildman–Crippen LogP) is 3.44. The van der Waals surface area contributed by atoms with Gasteiger partial charge in [0.25, 0.3) is 0 Å². The molecule has 1 aliphatic carbocycles. The van der Waals surface area contributed by atoms with Gasteiger partial charge in [0.1, 0.15) is 12.6 Å². The van der Waals surface area contributed by atoms with E-state index in [1.54, 1.807) is 0 Å². The molecule has 2 aromatic carbocycles. The molecule has 8 heteroatoms. The summed E-state index contributed by atoms with van der Waals surface area (Å²) in [6.07, 6.45) is 1.37. The Hall–Kier alpha value is -3.39. The summed E-state index contributed by atoms with van der Waals surface area (Å²) in [4.78, 5) is 37.4. The number of aliphatic carboxylic acids is 1. The van der Waals surface area contributed by atoms with Crippen molar-refractivity contribution >= 4 is 18.0 Å². The summed E-state index contributed by atoms with van der Waals surface area (Å²) in [5, 5.41) is 14.9. The van der Waals surface area contributed by atoms with Crippen LogP contribution in [0.15, 0.2) is 48.5 Å². The first kappa shape index (κ1) is 23.8. The number of benzene rings is 2. The van der Waals surface area contributed by atoms with E-state index in [1.807, 2.05) is 43.3 Å². The molecular formula is C26H30N2O6. The van der Waals surface area contributed by atoms with Gasteiger partial charge in [0, 0.05) is 18.9 Å². The van der Waals surface area contributed by atoms with E-state index in [0.717, 1.165) is 28.7 Å². The smallest absolute Gasteiger partial charge is 0.407 e. The van der Waals surface area contributed by atoms with Crippen molar-refractivity contribution in [3.05, 3.63) is 59.7 Å². The highest BCUT2D eigenvalue weighted by molar-refractivity contribution is 5.91. The molecule has 1 unspecified atom stereocenters. The van der Waals surface area contributed by atoms with Crippen LogP contribution in [0.2, 0.25) is 0 Å². The van der Waals surface area contributed by atoms with Crippen molar-refractivity contribution in [1.29, 1.82) is 0 Å². The Labute approximate surface area is 198 Å². The predicted molar refractivity (Wildman–Crippen MR) is 125 cm³/mol. The summed E-state index contributed by atoms with van der Waals surface area (Å²) < 4.78 is 10.8. The molecule has 0 spiro atoms. The van der Waals surface area contributed by atoms with E-state index in [4.69, 9.17) is 9.47 Å². The lowest BCUT2D eigenvalue weighted by Crippen LogP contribution is -2.60. The molecular weight excluding hydrogens is 436 g/mol. The van der Waals surface area contributed by atoms with Crippen LogP contribution in [0.5, 0.6) is 0 Å². The molecule has 8 nitrogen and oxygen atoms in total. The van der Waals surface area contributed by atoms with Gasteiger partial charge < -0.3 is 25.2 Å². The molecule has 1 fully saturated rings. The molecule has 1 saturated heterocycles. The molecule has 3 N–H and O–H groups in total. The normalized spacial score (nSPS) is 19.7. The fourth-order valence-electron chi connectivity index (χ4n) is 4.67. The van der Waals surface area contributed by atoms with Crippen LogP contribution in [-0.4, -0.2) is 54.5 Å². The molecule has 180 valence electrons. The van der Waals surface area contributed by atoms with E-state index >= 15 is 0 Å². The lowest BCUT2D eigenvalue weighted by molar-refractivity contribution is -0.148. The van der Waals surface area contributed by atoms with Crippen molar-refractivity contribution in [3.8, 4) is 11.1 Å². The number of amides is 2. The summed E-state index contributed by atoms with van der Waals surface area (Å²) in [7, 11) is 0. The zero-order valence-electron chi connectivity index (χ0n) is 19.2. The second-order valence-electron chi connectivity index (χ2n) is 8.84. The van der Waals surface area contributed by atoms with Gasteiger partial charge in [-0.3, -0.25) is 4.79 Å². The number of ether oxygens (including phenoxy) is 2. The van der Waals surface area contributed by atoms with Crippen molar-refractivity contribution in [2.24, 2.45) is 0 Å². The molecule has 2 aromatic rings. The second kappa shape index (κ2) is 10.3. The van der Waals surface area contributed by atoms with E-state index in [1.165, 1.54) is 0 Å². The van der Waals surface area contributed by atoms with Crippen LogP contribution >= 0.6 is 0 Å². The van der Waals surface area contributed by atoms with Gasteiger partial charge in [-0.25, -0.2) is 9.59 Å². The Bertz CT molecular complexity index is 1020. The van der Waals surface area contributed by atoms with Gasteiger partial charge in [-0.15, -0.1) is 0 Å². The number of carbonyl (C=O) groups excluding carboxylic acids is 2. The number of carbonyl (C=O) groups is 3. The molecule has 34 heavy (non-hydrogen) atoms. The highest BCUT2D eigenvalue weighted by Crippen LogP contribution is 2.44. The zero-order chi connectivity index (χ0) is 24.1. The van der Waals surface area contributed by atoms with E-state index in [2.05, 4.69) is 22.8 Å². The van der Waals surface area contributed by atoms with Crippen LogP contribution in [0.1, 0.15) is 49.7 Å². The van der Waals surface area contributed by atoms with E-state index in [0.29, 0.717) is 12.8 Å². The topological polar surface area (TPSA) is 114 Å². The average molecular weight is 467 g/mol. The molecule has 4 rings (SSSR count). The molecule has 0 aromatic heterocycles. The summed E-state index contributed by atoms with van der Waals surface area (Å²) in [6, 6.07) is 15.2. The molecule has 1 heterocycles. The highest BCUT2D eigenvalue weighted by Gasteiger charge is 2.45. The first-order valence-corrected chi connectivity index (χ1v) is 11.7. The fraction of sp³-hybridized carbons (Fsp3) is 0.423. The van der Waals surface area contributed by atoms with Gasteiger partial charge in [-0.1, -0.05) is 68.3 Å². The quantitative estimate of drug-likeness (QED) is 0.522. The van der Waals surface area contributed by atoms with Crippen LogP contribution in [0.4, 0.5) is 4.79 Å². The number of unbranched alkanes of at least 4 members (excludes halogenated alkanes) is 1. The van der Waals surface area contributed by atoms with Crippen LogP contribution in [0, 0.1) is 0 Å². The average Bonchev–Trinajstić information content (AvgIpc) is 3.44. The summed E-state index contributed by atoms with van der Waals surface area (Å²) in [5.74, 6) is -1.78. The number of carboxylic acids is 1. The standard InChI is InChI=1S/C26H30N2O6/c1-2-3-12-22(23(29)28-26(24(30)31)13-14-33-16-26)27-25(32)34-15-21-19-10-6-4-8-17(19)18-9-5-7-11-20(18)21/h4-11,21-22H,2-3,12-16H2,1H3,(H,27,32)(H,28,29)(H,30,31)/t22-,26?/m0/s1. The van der Waals surface area contributed by atoms with Crippen molar-refractivity contribution in [2.45, 2.75) is 50.1 Å². The maximum atomic E-state index is 12.9. The van der Waals surface area contributed by atoms with Crippen molar-refractivity contribution < 1.29 is 29.0 Å². The summed E-state index contributed by atoms with van der Waals surface area (Å²) in [6.45, 7) is 2.27. The molecule has 1 aliphatic heterocycles. The second-order valence-corrected chi connectivity index (χ2v) is 8.84. The molecule has 2 aliphatic rings. The number of hydrogen-bond acceptors (Lipinski definition) is 5. The molecule has 2 amide bonds.